The first kappa shape index (κ1) is 80.9. The van der Waals surface area contributed by atoms with Crippen LogP contribution >= 0.6 is 34.0 Å². The Kier molecular flexibility index (Phi) is 24.3. The topological polar surface area (TPSA) is 258 Å². The second-order valence-electron chi connectivity index (χ2n) is 24.7. The van der Waals surface area contributed by atoms with E-state index in [9.17, 15) is 79.5 Å². The minimum Gasteiger partial charge on any atom is -0.478 e. The third-order valence-corrected chi connectivity index (χ3v) is 23.8. The first-order valence-electron chi connectivity index (χ1n) is 33.4. The number of hydrogen-bond donors (Lipinski definition) is 5. The number of alkyl halides is 9. The third kappa shape index (κ3) is 20.8. The fourth-order valence-corrected chi connectivity index (χ4v) is 17.0. The Bertz CT molecular complexity index is 6050. The van der Waals surface area contributed by atoms with Crippen molar-refractivity contribution in [2.24, 2.45) is 0 Å². The second kappa shape index (κ2) is 34.2. The van der Waals surface area contributed by atoms with Crippen molar-refractivity contribution in [3.63, 3.8) is 0 Å². The molecule has 576 valence electrons. The maximum absolute atomic E-state index is 13.3. The van der Waals surface area contributed by atoms with E-state index in [4.69, 9.17) is 10.7 Å². The lowest BCUT2D eigenvalue weighted by Gasteiger charge is -2.12. The Balaban J connectivity index is 0.000000174. The Labute approximate surface area is 658 Å². The standard InChI is InChI=1S/C38H24F6N4O4S4.C23H14F3NO3.C22H18N2O2S2/c39-37(40,41)27-12-4-25(5-13-27)35-45-33(21-53-35)23-8-16-29(17-9-23)47-55(49,50)31-2-1-3-32(20-31)56(51,52)48-30-18-10-24(11-19-30)34-22-54-36(46-34)26-6-14-28(15-7-26)38(42,43)44;24-23(25,26)17-5-3-4-16(14-17)9-8-15-10-12-18(13-11-15)27-21(28)19-6-1-2-7-20(19)22(29)30;23-19-7-4-8-20(13-19)28(25,26)15-16-9-11-17(12-10-16)21-14-27-22(24-21)18-5-2-1-3-6-18/h1-22,47-48H;1-7,10-14H,(H,27,28)(H,29,30);1-14H,15,23H2. The molecule has 0 saturated heterocycles. The van der Waals surface area contributed by atoms with Crippen LogP contribution in [-0.2, 0) is 54.2 Å². The molecule has 0 bridgehead atoms. The fourth-order valence-electron chi connectivity index (χ4n) is 10.9. The molecule has 14 rings (SSSR count). The zero-order valence-corrected chi connectivity index (χ0v) is 63.3. The molecule has 0 spiro atoms. The number of carboxylic acids is 1. The third-order valence-electron chi connectivity index (χ3n) is 16.7. The van der Waals surface area contributed by atoms with E-state index in [0.29, 0.717) is 60.6 Å². The minimum absolute atomic E-state index is 0.0263. The highest BCUT2D eigenvalue weighted by Crippen LogP contribution is 2.38. The van der Waals surface area contributed by atoms with E-state index >= 15 is 0 Å². The van der Waals surface area contributed by atoms with Gasteiger partial charge in [-0.05, 0) is 145 Å². The number of carbonyl (C=O) groups is 2. The molecule has 114 heavy (non-hydrogen) atoms. The van der Waals surface area contributed by atoms with E-state index in [1.54, 1.807) is 94.9 Å². The summed E-state index contributed by atoms with van der Waals surface area (Å²) in [7, 11) is -11.9. The van der Waals surface area contributed by atoms with Gasteiger partial charge in [0.2, 0.25) is 0 Å². The van der Waals surface area contributed by atoms with Crippen LogP contribution in [0.15, 0.2) is 304 Å². The summed E-state index contributed by atoms with van der Waals surface area (Å²) < 4.78 is 199. The molecular weight excluding hydrogens is 1600 g/mol. The Hall–Kier alpha value is -12.6. The van der Waals surface area contributed by atoms with Crippen molar-refractivity contribution in [1.29, 1.82) is 0 Å². The number of hydrogen-bond acceptors (Lipinski definition) is 15. The summed E-state index contributed by atoms with van der Waals surface area (Å²) in [6.07, 6.45) is -13.3. The summed E-state index contributed by atoms with van der Waals surface area (Å²) >= 11 is 4.07. The molecule has 3 heterocycles. The van der Waals surface area contributed by atoms with Gasteiger partial charge in [-0.25, -0.2) is 45.0 Å². The number of carbonyl (C=O) groups excluding carboxylic acids is 1. The average Bonchev–Trinajstić information content (AvgIpc) is 0.888. The van der Waals surface area contributed by atoms with Gasteiger partial charge in [0.15, 0.2) is 9.84 Å². The highest BCUT2D eigenvalue weighted by Gasteiger charge is 2.33. The van der Waals surface area contributed by atoms with Gasteiger partial charge in [-0.2, -0.15) is 39.5 Å². The normalized spacial score (nSPS) is 11.7. The van der Waals surface area contributed by atoms with Crippen LogP contribution in [0.3, 0.4) is 0 Å². The lowest BCUT2D eigenvalue weighted by Crippen LogP contribution is -2.16. The van der Waals surface area contributed by atoms with Crippen molar-refractivity contribution in [2.45, 2.75) is 39.0 Å². The maximum atomic E-state index is 13.3. The van der Waals surface area contributed by atoms with Crippen molar-refractivity contribution in [3.8, 4) is 77.3 Å². The molecule has 16 nitrogen and oxygen atoms in total. The van der Waals surface area contributed by atoms with Crippen LogP contribution in [0.4, 0.5) is 62.3 Å². The van der Waals surface area contributed by atoms with Crippen LogP contribution in [0.1, 0.15) is 54.1 Å². The molecule has 11 aromatic carbocycles. The predicted octanol–water partition coefficient (Wildman–Crippen LogP) is 21.0. The summed E-state index contributed by atoms with van der Waals surface area (Å²) in [5, 5.41) is 19.2. The molecule has 6 N–H and O–H groups in total. The highest BCUT2D eigenvalue weighted by atomic mass is 32.2. The lowest BCUT2D eigenvalue weighted by molar-refractivity contribution is -0.138. The SMILES string of the molecule is Nc1cccc(S(=O)(=O)Cc2ccc(-c3csc(-c4ccccc4)n3)cc2)c1.O=C(O)c1ccccc1C(=O)Nc1ccc(C#Cc2cccc(C(F)(F)F)c2)cc1.O=S(=O)(Nc1ccc(-c2csc(-c3ccc(C(F)(F)F)cc3)n2)cc1)c1cccc(S(=O)(=O)Nc2ccc(-c3csc(-c4ccc(C(F)(F)F)cc4)n3)cc2)c1. The smallest absolute Gasteiger partial charge is 0.416 e. The molecule has 31 heteroatoms. The molecule has 0 radical (unpaired) electrons. The number of nitrogens with one attached hydrogen (secondary N) is 3. The number of sulfonamides is 2. The first-order chi connectivity index (χ1) is 54.2. The van der Waals surface area contributed by atoms with E-state index in [2.05, 4.69) is 36.6 Å². The van der Waals surface area contributed by atoms with Crippen LogP contribution in [-0.4, -0.2) is 57.2 Å². The first-order valence-corrected chi connectivity index (χ1v) is 40.7. The summed E-state index contributed by atoms with van der Waals surface area (Å²) in [5.74, 6) is 3.60. The number of nitrogens with two attached hydrogens (primary N) is 1. The van der Waals surface area contributed by atoms with Crippen LogP contribution < -0.4 is 20.5 Å². The predicted molar refractivity (Wildman–Crippen MR) is 424 cm³/mol. The fraction of sp³-hybridized carbons (Fsp3) is 0.0482. The monoisotopic (exact) mass is 1660 g/mol. The molecule has 0 unspecified atom stereocenters. The van der Waals surface area contributed by atoms with Gasteiger partial charge in [0.1, 0.15) is 15.0 Å². The number of aromatic nitrogens is 3. The molecule has 1 amide bonds. The molecule has 0 atom stereocenters. The van der Waals surface area contributed by atoms with Gasteiger partial charge >= 0.3 is 24.5 Å². The van der Waals surface area contributed by atoms with Crippen LogP contribution in [0.5, 0.6) is 0 Å². The maximum Gasteiger partial charge on any atom is 0.416 e. The number of amides is 1. The number of nitrogen functional groups attached to an aromatic ring is 1. The van der Waals surface area contributed by atoms with Gasteiger partial charge in [-0.1, -0.05) is 145 Å². The molecule has 0 aliphatic carbocycles. The van der Waals surface area contributed by atoms with Crippen molar-refractivity contribution >= 4 is 98.5 Å². The minimum atomic E-state index is -4.45. The molecule has 0 fully saturated rings. The van der Waals surface area contributed by atoms with Crippen molar-refractivity contribution in [3.05, 3.63) is 334 Å². The van der Waals surface area contributed by atoms with Gasteiger partial charge in [0.05, 0.1) is 65.3 Å². The van der Waals surface area contributed by atoms with E-state index in [1.807, 2.05) is 60.0 Å². The number of anilines is 4. The van der Waals surface area contributed by atoms with Crippen LogP contribution in [0.2, 0.25) is 0 Å². The molecule has 14 aromatic rings. The van der Waals surface area contributed by atoms with Gasteiger partial charge in [-0.15, -0.1) is 34.0 Å². The van der Waals surface area contributed by atoms with Crippen LogP contribution in [0, 0.1) is 11.8 Å². The Morgan fingerprint density at radius 2 is 0.781 bits per heavy atom. The van der Waals surface area contributed by atoms with Crippen LogP contribution in [0.25, 0.3) is 65.5 Å². The van der Waals surface area contributed by atoms with E-state index in [0.717, 1.165) is 69.9 Å². The lowest BCUT2D eigenvalue weighted by atomic mass is 10.1. The molecule has 0 aliphatic heterocycles. The van der Waals surface area contributed by atoms with Gasteiger partial charge in [0, 0.05) is 83.4 Å². The number of benzene rings is 11. The van der Waals surface area contributed by atoms with Gasteiger partial charge in [0.25, 0.3) is 26.0 Å². The summed E-state index contributed by atoms with van der Waals surface area (Å²) in [6.45, 7) is 0. The average molecular weight is 1660 g/mol. The zero-order chi connectivity index (χ0) is 81.2. The van der Waals surface area contributed by atoms with Gasteiger partial charge < -0.3 is 16.2 Å². The number of carboxylic acid groups (broad SMARTS) is 1. The second-order valence-corrected chi connectivity index (χ2v) is 32.6. The molecule has 0 aliphatic rings. The van der Waals surface area contributed by atoms with Crippen molar-refractivity contribution < 1.29 is 79.5 Å². The number of sulfone groups is 1. The van der Waals surface area contributed by atoms with E-state index in [1.165, 1.54) is 126 Å². The number of halogens is 9. The van der Waals surface area contributed by atoms with Crippen molar-refractivity contribution in [1.82, 2.24) is 15.0 Å². The van der Waals surface area contributed by atoms with Gasteiger partial charge in [-0.3, -0.25) is 14.2 Å². The Morgan fingerprint density at radius 3 is 1.24 bits per heavy atom. The number of thiazole rings is 3. The molecular formula is C83H56F9N7O9S6. The molecule has 0 saturated carbocycles. The van der Waals surface area contributed by atoms with Crippen molar-refractivity contribution in [2.75, 3.05) is 20.5 Å². The van der Waals surface area contributed by atoms with E-state index in [-0.39, 0.29) is 48.5 Å². The summed E-state index contributed by atoms with van der Waals surface area (Å²) in [4.78, 5) is 36.9. The largest absolute Gasteiger partial charge is 0.478 e. The zero-order valence-electron chi connectivity index (χ0n) is 58.4. The number of aromatic carboxylic acids is 1. The Morgan fingerprint density at radius 1 is 0.386 bits per heavy atom. The summed E-state index contributed by atoms with van der Waals surface area (Å²) in [5.41, 5.74) is 12.3. The summed E-state index contributed by atoms with van der Waals surface area (Å²) in [6, 6.07) is 67.4. The highest BCUT2D eigenvalue weighted by molar-refractivity contribution is 7.93. The number of rotatable bonds is 18. The molecule has 3 aromatic heterocycles. The quantitative estimate of drug-likeness (QED) is 0.0305. The number of nitrogens with zero attached hydrogens (tertiary/aromatic N) is 3. The van der Waals surface area contributed by atoms with E-state index < -0.39 is 77.0 Å².